The van der Waals surface area contributed by atoms with E-state index in [-0.39, 0.29) is 22.2 Å². The Hall–Kier alpha value is -3.62. The predicted octanol–water partition coefficient (Wildman–Crippen LogP) is 7.18. The van der Waals surface area contributed by atoms with Crippen molar-refractivity contribution >= 4 is 17.2 Å². The van der Waals surface area contributed by atoms with Gasteiger partial charge in [0.15, 0.2) is 11.5 Å². The van der Waals surface area contributed by atoms with Gasteiger partial charge in [-0.25, -0.2) is 13.9 Å². The summed E-state index contributed by atoms with van der Waals surface area (Å²) in [6.07, 6.45) is 14.2. The Balaban J connectivity index is 1.02. The largest absolute Gasteiger partial charge is 0.339 e. The van der Waals surface area contributed by atoms with Gasteiger partial charge in [-0.15, -0.1) is 0 Å². The summed E-state index contributed by atoms with van der Waals surface area (Å²) in [4.78, 5) is 25.6. The summed E-state index contributed by atoms with van der Waals surface area (Å²) in [5, 5.41) is 8.73. The number of aromatic nitrogens is 5. The summed E-state index contributed by atoms with van der Waals surface area (Å²) in [5.74, 6) is 2.36. The molecule has 0 atom stereocenters. The number of aryl methyl sites for hydroxylation is 1. The van der Waals surface area contributed by atoms with E-state index in [2.05, 4.69) is 58.3 Å². The molecule has 228 valence electrons. The molecule has 0 aliphatic heterocycles. The van der Waals surface area contributed by atoms with Gasteiger partial charge in [-0.05, 0) is 124 Å². The highest BCUT2D eigenvalue weighted by Crippen LogP contribution is 2.71. The molecule has 4 aromatic rings. The fourth-order valence-corrected chi connectivity index (χ4v) is 9.24. The van der Waals surface area contributed by atoms with Crippen LogP contribution in [-0.2, 0) is 10.2 Å². The Bertz CT molecular complexity index is 1780. The minimum Gasteiger partial charge on any atom is -0.339 e. The predicted molar refractivity (Wildman–Crippen MR) is 163 cm³/mol. The van der Waals surface area contributed by atoms with Crippen LogP contribution in [-0.4, -0.2) is 42.9 Å². The Morgan fingerprint density at radius 3 is 2.50 bits per heavy atom. The molecule has 9 heteroatoms. The second-order valence-electron chi connectivity index (χ2n) is 15.2. The molecule has 3 aromatic heterocycles. The quantitative estimate of drug-likeness (QED) is 0.215. The highest BCUT2D eigenvalue weighted by atomic mass is 19.1. The second-order valence-corrected chi connectivity index (χ2v) is 15.2. The third-order valence-electron chi connectivity index (χ3n) is 12.2. The first-order valence-corrected chi connectivity index (χ1v) is 16.4. The van der Waals surface area contributed by atoms with Gasteiger partial charge in [0.05, 0.1) is 0 Å². The lowest BCUT2D eigenvalue weighted by molar-refractivity contribution is -0.215. The number of hydrogen-bond donors (Lipinski definition) is 0. The van der Waals surface area contributed by atoms with Crippen LogP contribution in [0.2, 0.25) is 0 Å². The van der Waals surface area contributed by atoms with Crippen LogP contribution in [0.5, 0.6) is 0 Å². The van der Waals surface area contributed by atoms with Crippen molar-refractivity contribution in [3.05, 3.63) is 59.6 Å². The van der Waals surface area contributed by atoms with E-state index in [0.717, 1.165) is 83.8 Å². The number of nitrogens with zero attached hydrogens (tertiary/aromatic N) is 6. The van der Waals surface area contributed by atoms with Crippen molar-refractivity contribution in [1.82, 2.24) is 24.7 Å². The molecule has 0 radical (unpaired) electrons. The smallest absolute Gasteiger partial charge is 0.232 e. The van der Waals surface area contributed by atoms with E-state index in [9.17, 15) is 9.18 Å². The molecule has 7 saturated carbocycles. The van der Waals surface area contributed by atoms with Gasteiger partial charge in [0.1, 0.15) is 12.0 Å². The Kier molecular flexibility index (Phi) is 5.46. The molecule has 44 heavy (non-hydrogen) atoms. The number of amides is 1. The topological polar surface area (TPSA) is 89.4 Å². The lowest BCUT2D eigenvalue weighted by Gasteiger charge is -2.66. The van der Waals surface area contributed by atoms with Crippen molar-refractivity contribution in [1.29, 1.82) is 0 Å². The number of carbonyl (C=O) groups excluding carboxylic acids is 1. The van der Waals surface area contributed by atoms with Crippen LogP contribution in [0, 0.1) is 24.7 Å². The van der Waals surface area contributed by atoms with Crippen molar-refractivity contribution in [2.24, 2.45) is 10.8 Å². The molecule has 7 aliphatic rings. The van der Waals surface area contributed by atoms with Gasteiger partial charge in [0, 0.05) is 41.7 Å². The normalized spacial score (nSPS) is 32.0. The third-order valence-corrected chi connectivity index (χ3v) is 12.2. The zero-order valence-corrected chi connectivity index (χ0v) is 25.6. The number of fused-ring (bicyclic) bond motifs is 4. The number of alkyl halides is 1. The van der Waals surface area contributed by atoms with Crippen molar-refractivity contribution in [2.75, 3.05) is 11.4 Å². The molecular weight excluding hydrogens is 555 g/mol. The molecule has 3 heterocycles. The number of pyridine rings is 1. The van der Waals surface area contributed by atoms with E-state index < -0.39 is 5.67 Å². The molecule has 11 rings (SSSR count). The summed E-state index contributed by atoms with van der Waals surface area (Å²) in [7, 11) is 0. The van der Waals surface area contributed by atoms with Crippen LogP contribution in [0.3, 0.4) is 0 Å². The van der Waals surface area contributed by atoms with Gasteiger partial charge in [-0.1, -0.05) is 17.3 Å². The number of benzene rings is 1. The van der Waals surface area contributed by atoms with Crippen LogP contribution in [0.1, 0.15) is 106 Å². The first-order chi connectivity index (χ1) is 21.2. The van der Waals surface area contributed by atoms with Crippen LogP contribution >= 0.6 is 0 Å². The minimum absolute atomic E-state index is 0.0205. The van der Waals surface area contributed by atoms with Gasteiger partial charge >= 0.3 is 0 Å². The molecular formula is C35H39FN6O2. The lowest BCUT2D eigenvalue weighted by Crippen LogP contribution is -2.65. The first-order valence-electron chi connectivity index (χ1n) is 16.4. The zero-order chi connectivity index (χ0) is 29.9. The van der Waals surface area contributed by atoms with E-state index in [1.165, 1.54) is 12.8 Å². The van der Waals surface area contributed by atoms with Crippen LogP contribution < -0.4 is 4.90 Å². The van der Waals surface area contributed by atoms with Crippen LogP contribution in [0.15, 0.2) is 41.3 Å². The van der Waals surface area contributed by atoms with Gasteiger partial charge in [-0.2, -0.15) is 10.1 Å². The average Bonchev–Trinajstić information content (AvgIpc) is 3.52. The molecule has 7 fully saturated rings. The second kappa shape index (κ2) is 8.98. The van der Waals surface area contributed by atoms with Gasteiger partial charge in [0.25, 0.3) is 0 Å². The fraction of sp³-hybridized carbons (Fsp3) is 0.571. The zero-order valence-electron chi connectivity index (χ0n) is 25.6. The molecule has 7 aliphatic carbocycles. The van der Waals surface area contributed by atoms with E-state index in [0.29, 0.717) is 38.1 Å². The van der Waals surface area contributed by atoms with Gasteiger partial charge in [-0.3, -0.25) is 4.79 Å². The molecule has 0 spiro atoms. The maximum absolute atomic E-state index is 14.5. The monoisotopic (exact) mass is 594 g/mol. The third kappa shape index (κ3) is 4.03. The maximum atomic E-state index is 14.5. The van der Waals surface area contributed by atoms with E-state index in [1.807, 2.05) is 10.7 Å². The molecule has 1 aromatic carbocycles. The fourth-order valence-electron chi connectivity index (χ4n) is 9.24. The number of carbonyl (C=O) groups is 1. The van der Waals surface area contributed by atoms with E-state index in [4.69, 9.17) is 9.51 Å². The molecule has 0 unspecified atom stereocenters. The SMILES string of the molecule is Cc1c(-c2cccc(N(CC34CCC(c5nc(C6CC6)no5)(CC3)CC4)C(=O)CC34CC(F)(C3)C4)c2)cn2ncnc2c1C. The Morgan fingerprint density at radius 1 is 1.05 bits per heavy atom. The van der Waals surface area contributed by atoms with E-state index >= 15 is 0 Å². The summed E-state index contributed by atoms with van der Waals surface area (Å²) < 4.78 is 22.1. The average molecular weight is 595 g/mol. The molecule has 1 amide bonds. The summed E-state index contributed by atoms with van der Waals surface area (Å²) >= 11 is 0. The molecule has 0 N–H and O–H groups in total. The van der Waals surface area contributed by atoms with Crippen molar-refractivity contribution in [3.8, 4) is 11.1 Å². The van der Waals surface area contributed by atoms with Crippen molar-refractivity contribution < 1.29 is 13.7 Å². The minimum atomic E-state index is -1.01. The molecule has 0 saturated heterocycles. The number of anilines is 1. The van der Waals surface area contributed by atoms with E-state index in [1.54, 1.807) is 6.33 Å². The van der Waals surface area contributed by atoms with Gasteiger partial charge < -0.3 is 9.42 Å². The van der Waals surface area contributed by atoms with Crippen LogP contribution in [0.25, 0.3) is 16.8 Å². The number of rotatable bonds is 8. The number of halogens is 1. The maximum Gasteiger partial charge on any atom is 0.232 e. The first kappa shape index (κ1) is 26.8. The highest BCUT2D eigenvalue weighted by Gasteiger charge is 2.69. The Labute approximate surface area is 256 Å². The molecule has 4 bridgehead atoms. The number of hydrogen-bond acceptors (Lipinski definition) is 6. The summed E-state index contributed by atoms with van der Waals surface area (Å²) in [5.41, 5.74) is 5.05. The van der Waals surface area contributed by atoms with Crippen molar-refractivity contribution in [3.63, 3.8) is 0 Å². The van der Waals surface area contributed by atoms with Crippen molar-refractivity contribution in [2.45, 2.75) is 108 Å². The summed E-state index contributed by atoms with van der Waals surface area (Å²) in [6.45, 7) is 4.90. The summed E-state index contributed by atoms with van der Waals surface area (Å²) in [6, 6.07) is 8.39. The lowest BCUT2D eigenvalue weighted by atomic mass is 9.41. The highest BCUT2D eigenvalue weighted by molar-refractivity contribution is 5.95. The molecule has 8 nitrogen and oxygen atoms in total. The van der Waals surface area contributed by atoms with Crippen LogP contribution in [0.4, 0.5) is 10.1 Å². The van der Waals surface area contributed by atoms with Gasteiger partial charge in [0.2, 0.25) is 11.8 Å². The standard InChI is InChI=1S/C35H39FN6O2/c1-22-23(2)30-37-21-38-42(30)16-27(22)25-4-3-5-26(14-25)41(28(43)15-33-17-35(36,18-33)19-33)20-32-8-11-34(12-9-32,13-10-32)31-39-29(40-44-31)24-6-7-24/h3-5,14,16,21,24H,6-13,15,17-20H2,1-2H3. The Morgan fingerprint density at radius 2 is 1.80 bits per heavy atom.